The van der Waals surface area contributed by atoms with Crippen molar-refractivity contribution < 1.29 is 27.9 Å². The highest BCUT2D eigenvalue weighted by Gasteiger charge is 2.35. The second-order valence-corrected chi connectivity index (χ2v) is 5.93. The van der Waals surface area contributed by atoms with Crippen LogP contribution in [0, 0.1) is 5.92 Å². The van der Waals surface area contributed by atoms with Gasteiger partial charge in [-0.2, -0.15) is 13.2 Å². The lowest BCUT2D eigenvalue weighted by molar-refractivity contribution is -0.137. The van der Waals surface area contributed by atoms with Crippen LogP contribution in [0.25, 0.3) is 0 Å². The predicted molar refractivity (Wildman–Crippen MR) is 86.3 cm³/mol. The van der Waals surface area contributed by atoms with E-state index in [9.17, 15) is 27.9 Å². The van der Waals surface area contributed by atoms with Crippen molar-refractivity contribution >= 4 is 23.8 Å². The molecule has 0 radical (unpaired) electrons. The molecule has 0 spiro atoms. The predicted octanol–water partition coefficient (Wildman–Crippen LogP) is 3.81. The van der Waals surface area contributed by atoms with Gasteiger partial charge in [0.15, 0.2) is 0 Å². The molecule has 1 unspecified atom stereocenters. The molecule has 1 saturated carbocycles. The van der Waals surface area contributed by atoms with Crippen LogP contribution in [0.2, 0.25) is 0 Å². The Bertz CT molecular complexity index is 633. The van der Waals surface area contributed by atoms with Crippen LogP contribution in [0.1, 0.15) is 31.7 Å². The molecular formula is C16H20F3N3O3. The van der Waals surface area contributed by atoms with Crippen LogP contribution in [0.15, 0.2) is 18.2 Å². The molecule has 2 rings (SSSR count). The molecule has 1 aromatic carbocycles. The van der Waals surface area contributed by atoms with Crippen molar-refractivity contribution in [3.63, 3.8) is 0 Å². The van der Waals surface area contributed by atoms with E-state index in [1.807, 2.05) is 0 Å². The van der Waals surface area contributed by atoms with Gasteiger partial charge in [-0.05, 0) is 37.3 Å². The summed E-state index contributed by atoms with van der Waals surface area (Å²) < 4.78 is 39.9. The lowest BCUT2D eigenvalue weighted by Gasteiger charge is -2.28. The SMILES string of the molecule is CCC(C=O)N(Nc1cccc(C(F)(F)F)c1NCC1CC1)C(=O)O. The molecule has 0 bridgehead atoms. The molecule has 0 aliphatic heterocycles. The molecule has 138 valence electrons. The van der Waals surface area contributed by atoms with E-state index in [0.29, 0.717) is 23.8 Å². The van der Waals surface area contributed by atoms with E-state index in [-0.39, 0.29) is 17.8 Å². The molecule has 1 fully saturated rings. The van der Waals surface area contributed by atoms with Crippen LogP contribution < -0.4 is 10.7 Å². The highest BCUT2D eigenvalue weighted by molar-refractivity contribution is 5.78. The molecule has 1 aromatic rings. The number of nitrogens with one attached hydrogen (secondary N) is 2. The highest BCUT2D eigenvalue weighted by atomic mass is 19.4. The molecule has 25 heavy (non-hydrogen) atoms. The molecule has 9 heteroatoms. The average Bonchev–Trinajstić information content (AvgIpc) is 3.36. The van der Waals surface area contributed by atoms with Gasteiger partial charge < -0.3 is 15.2 Å². The maximum Gasteiger partial charge on any atom is 0.426 e. The Hall–Kier alpha value is -2.45. The van der Waals surface area contributed by atoms with E-state index in [0.717, 1.165) is 18.9 Å². The van der Waals surface area contributed by atoms with Crippen LogP contribution >= 0.6 is 0 Å². The maximum atomic E-state index is 13.3. The van der Waals surface area contributed by atoms with Gasteiger partial charge in [0.25, 0.3) is 0 Å². The summed E-state index contributed by atoms with van der Waals surface area (Å²) in [5.74, 6) is 0.322. The smallest absolute Gasteiger partial charge is 0.426 e. The summed E-state index contributed by atoms with van der Waals surface area (Å²) in [6.07, 6.45) is -3.52. The van der Waals surface area contributed by atoms with E-state index >= 15 is 0 Å². The van der Waals surface area contributed by atoms with Crippen molar-refractivity contribution in [3.8, 4) is 0 Å². The average molecular weight is 359 g/mol. The van der Waals surface area contributed by atoms with Crippen LogP contribution in [0.5, 0.6) is 0 Å². The number of rotatable bonds is 8. The monoisotopic (exact) mass is 359 g/mol. The summed E-state index contributed by atoms with van der Waals surface area (Å²) >= 11 is 0. The largest absolute Gasteiger partial charge is 0.464 e. The van der Waals surface area contributed by atoms with E-state index in [1.54, 1.807) is 6.92 Å². The van der Waals surface area contributed by atoms with Crippen molar-refractivity contribution in [1.82, 2.24) is 5.01 Å². The van der Waals surface area contributed by atoms with Crippen molar-refractivity contribution in [1.29, 1.82) is 0 Å². The molecule has 0 heterocycles. The second-order valence-electron chi connectivity index (χ2n) is 5.93. The standard InChI is InChI=1S/C16H20F3N3O3/c1-2-11(9-23)22(15(24)25)21-13-5-3-4-12(16(17,18)19)14(13)20-8-10-6-7-10/h3-5,9-11,20-21H,2,6-8H2,1H3,(H,24,25). The van der Waals surface area contributed by atoms with E-state index in [1.165, 1.54) is 12.1 Å². The third kappa shape index (κ3) is 4.77. The van der Waals surface area contributed by atoms with Crippen molar-refractivity contribution in [2.75, 3.05) is 17.3 Å². The number of alkyl halides is 3. The van der Waals surface area contributed by atoms with E-state index < -0.39 is 23.9 Å². The van der Waals surface area contributed by atoms with E-state index in [2.05, 4.69) is 10.7 Å². The summed E-state index contributed by atoms with van der Waals surface area (Å²) in [6, 6.07) is 2.46. The van der Waals surface area contributed by atoms with Gasteiger partial charge in [-0.15, -0.1) is 0 Å². The zero-order valence-corrected chi connectivity index (χ0v) is 13.6. The molecule has 3 N–H and O–H groups in total. The first-order chi connectivity index (χ1) is 11.8. The van der Waals surface area contributed by atoms with Crippen LogP contribution in [-0.4, -0.2) is 35.1 Å². The number of aldehydes is 1. The quantitative estimate of drug-likeness (QED) is 0.486. The Morgan fingerprint density at radius 3 is 2.60 bits per heavy atom. The topological polar surface area (TPSA) is 81.7 Å². The van der Waals surface area contributed by atoms with Gasteiger partial charge in [0.2, 0.25) is 0 Å². The number of hydrazine groups is 1. The van der Waals surface area contributed by atoms with Gasteiger partial charge in [0.1, 0.15) is 12.3 Å². The maximum absolute atomic E-state index is 13.3. The van der Waals surface area contributed by atoms with Crippen molar-refractivity contribution in [2.45, 2.75) is 38.4 Å². The molecule has 0 saturated heterocycles. The third-order valence-corrected chi connectivity index (χ3v) is 3.99. The van der Waals surface area contributed by atoms with Gasteiger partial charge in [-0.3, -0.25) is 5.43 Å². The fourth-order valence-electron chi connectivity index (χ4n) is 2.38. The molecule has 1 atom stereocenters. The van der Waals surface area contributed by atoms with Gasteiger partial charge in [0.05, 0.1) is 16.9 Å². The fourth-order valence-corrected chi connectivity index (χ4v) is 2.38. The third-order valence-electron chi connectivity index (χ3n) is 3.99. The first kappa shape index (κ1) is 18.9. The Kier molecular flexibility index (Phi) is 5.76. The van der Waals surface area contributed by atoms with Crippen molar-refractivity contribution in [2.24, 2.45) is 5.92 Å². The summed E-state index contributed by atoms with van der Waals surface area (Å²) in [7, 11) is 0. The van der Waals surface area contributed by atoms with Crippen LogP contribution in [0.3, 0.4) is 0 Å². The summed E-state index contributed by atoms with van der Waals surface area (Å²) in [5.41, 5.74) is 1.30. The van der Waals surface area contributed by atoms with Crippen molar-refractivity contribution in [3.05, 3.63) is 23.8 Å². The number of para-hydroxylation sites is 1. The molecule has 1 aliphatic carbocycles. The normalized spacial score (nSPS) is 15.4. The zero-order valence-electron chi connectivity index (χ0n) is 13.6. The Labute approximate surface area is 143 Å². The Morgan fingerprint density at radius 1 is 1.44 bits per heavy atom. The number of carbonyl (C=O) groups excluding carboxylic acids is 1. The Balaban J connectivity index is 2.36. The number of nitrogens with zero attached hydrogens (tertiary/aromatic N) is 1. The molecule has 6 nitrogen and oxygen atoms in total. The van der Waals surface area contributed by atoms with Gasteiger partial charge >= 0.3 is 12.3 Å². The fraction of sp³-hybridized carbons (Fsp3) is 0.500. The number of amides is 1. The summed E-state index contributed by atoms with van der Waals surface area (Å²) in [5, 5.41) is 12.7. The molecule has 1 amide bonds. The molecule has 1 aliphatic rings. The van der Waals surface area contributed by atoms with Crippen LogP contribution in [-0.2, 0) is 11.0 Å². The van der Waals surface area contributed by atoms with Gasteiger partial charge in [-0.1, -0.05) is 13.0 Å². The lowest BCUT2D eigenvalue weighted by Crippen LogP contribution is -2.44. The van der Waals surface area contributed by atoms with E-state index in [4.69, 9.17) is 0 Å². The lowest BCUT2D eigenvalue weighted by atomic mass is 10.1. The van der Waals surface area contributed by atoms with Gasteiger partial charge in [-0.25, -0.2) is 9.80 Å². The number of hydrogen-bond acceptors (Lipinski definition) is 4. The summed E-state index contributed by atoms with van der Waals surface area (Å²) in [4.78, 5) is 22.5. The number of carbonyl (C=O) groups is 2. The minimum absolute atomic E-state index is 0.0434. The second kappa shape index (κ2) is 7.62. The molecule has 0 aromatic heterocycles. The minimum atomic E-state index is -4.59. The first-order valence-corrected chi connectivity index (χ1v) is 7.96. The van der Waals surface area contributed by atoms with Crippen LogP contribution in [0.4, 0.5) is 29.3 Å². The highest BCUT2D eigenvalue weighted by Crippen LogP contribution is 2.40. The summed E-state index contributed by atoms with van der Waals surface area (Å²) in [6.45, 7) is 1.98. The number of halogens is 3. The minimum Gasteiger partial charge on any atom is -0.464 e. The first-order valence-electron chi connectivity index (χ1n) is 7.96. The number of carboxylic acid groups (broad SMARTS) is 1. The Morgan fingerprint density at radius 2 is 2.12 bits per heavy atom. The number of hydrogen-bond donors (Lipinski definition) is 3. The zero-order chi connectivity index (χ0) is 18.6. The molecular weight excluding hydrogens is 339 g/mol. The number of benzene rings is 1. The number of anilines is 2. The van der Waals surface area contributed by atoms with Gasteiger partial charge in [0, 0.05) is 6.54 Å².